The number of nitrogens with two attached hydrogens (primary N) is 2. The molecule has 1 aromatic rings. The Morgan fingerprint density at radius 3 is 2.50 bits per heavy atom. The molecule has 0 saturated heterocycles. The molecule has 0 amide bonds. The number of rotatable bonds is 2. The molecule has 64 valence electrons. The van der Waals surface area contributed by atoms with Crippen LogP contribution >= 0.6 is 0 Å². The lowest BCUT2D eigenvalue weighted by atomic mass is 10.1. The van der Waals surface area contributed by atoms with Crippen molar-refractivity contribution in [1.29, 1.82) is 0 Å². The van der Waals surface area contributed by atoms with E-state index in [4.69, 9.17) is 11.5 Å². The largest absolute Gasteiger partial charge is 0.397 e. The number of hydrogen-bond donors (Lipinski definition) is 2. The maximum absolute atomic E-state index is 5.69. The third kappa shape index (κ3) is 1.52. The van der Waals surface area contributed by atoms with E-state index in [9.17, 15) is 0 Å². The fraction of sp³-hybridized carbons (Fsp3) is 0.400. The predicted molar refractivity (Wildman–Crippen MR) is 51.7 cm³/mol. The third-order valence-corrected chi connectivity index (χ3v) is 2.37. The first-order valence-corrected chi connectivity index (χ1v) is 4.39. The van der Waals surface area contributed by atoms with Crippen LogP contribution in [0.5, 0.6) is 0 Å². The van der Waals surface area contributed by atoms with Crippen LogP contribution in [0, 0.1) is 5.92 Å². The van der Waals surface area contributed by atoms with Gasteiger partial charge in [0.25, 0.3) is 0 Å². The Morgan fingerprint density at radius 1 is 1.17 bits per heavy atom. The van der Waals surface area contributed by atoms with Gasteiger partial charge in [-0.15, -0.1) is 0 Å². The Bertz CT molecular complexity index is 290. The molecule has 0 unspecified atom stereocenters. The number of benzene rings is 1. The average molecular weight is 162 g/mol. The normalized spacial score (nSPS) is 16.3. The van der Waals surface area contributed by atoms with E-state index in [1.165, 1.54) is 24.8 Å². The molecule has 1 saturated carbocycles. The molecule has 0 aliphatic heterocycles. The van der Waals surface area contributed by atoms with Crippen molar-refractivity contribution in [3.05, 3.63) is 23.8 Å². The highest BCUT2D eigenvalue weighted by Gasteiger charge is 2.21. The van der Waals surface area contributed by atoms with Crippen molar-refractivity contribution in [2.75, 3.05) is 11.5 Å². The van der Waals surface area contributed by atoms with Crippen molar-refractivity contribution in [2.24, 2.45) is 5.92 Å². The van der Waals surface area contributed by atoms with Crippen LogP contribution in [-0.4, -0.2) is 0 Å². The molecule has 1 fully saturated rings. The zero-order valence-corrected chi connectivity index (χ0v) is 7.09. The average Bonchev–Trinajstić information content (AvgIpc) is 2.81. The maximum atomic E-state index is 5.69. The summed E-state index contributed by atoms with van der Waals surface area (Å²) in [4.78, 5) is 0. The summed E-state index contributed by atoms with van der Waals surface area (Å²) >= 11 is 0. The Morgan fingerprint density at radius 2 is 1.92 bits per heavy atom. The highest BCUT2D eigenvalue weighted by Crippen LogP contribution is 2.33. The molecule has 0 spiro atoms. The van der Waals surface area contributed by atoms with Crippen LogP contribution in [0.1, 0.15) is 18.4 Å². The fourth-order valence-corrected chi connectivity index (χ4v) is 1.41. The quantitative estimate of drug-likeness (QED) is 0.651. The van der Waals surface area contributed by atoms with Crippen LogP contribution in [-0.2, 0) is 6.42 Å². The van der Waals surface area contributed by atoms with Crippen molar-refractivity contribution in [2.45, 2.75) is 19.3 Å². The number of anilines is 2. The summed E-state index contributed by atoms with van der Waals surface area (Å²) in [7, 11) is 0. The molecule has 2 heteroatoms. The zero-order chi connectivity index (χ0) is 8.55. The van der Waals surface area contributed by atoms with Crippen LogP contribution in [0.3, 0.4) is 0 Å². The van der Waals surface area contributed by atoms with Crippen molar-refractivity contribution in [3.8, 4) is 0 Å². The van der Waals surface area contributed by atoms with Gasteiger partial charge in [0, 0.05) is 0 Å². The Kier molecular flexibility index (Phi) is 1.68. The second-order valence-electron chi connectivity index (χ2n) is 3.61. The van der Waals surface area contributed by atoms with Crippen molar-refractivity contribution < 1.29 is 0 Å². The molecule has 0 bridgehead atoms. The van der Waals surface area contributed by atoms with E-state index >= 15 is 0 Å². The van der Waals surface area contributed by atoms with Gasteiger partial charge in [-0.05, 0) is 42.9 Å². The van der Waals surface area contributed by atoms with Gasteiger partial charge >= 0.3 is 0 Å². The molecule has 1 aliphatic rings. The lowest BCUT2D eigenvalue weighted by Crippen LogP contribution is -1.96. The summed E-state index contributed by atoms with van der Waals surface area (Å²) < 4.78 is 0. The van der Waals surface area contributed by atoms with Crippen molar-refractivity contribution in [3.63, 3.8) is 0 Å². The standard InChI is InChI=1S/C10H14N2/c11-9-4-3-8(6-10(9)12)5-7-1-2-7/h3-4,6-7H,1-2,5,11-12H2. The lowest BCUT2D eigenvalue weighted by Gasteiger charge is -2.03. The van der Waals surface area contributed by atoms with Crippen LogP contribution < -0.4 is 11.5 Å². The summed E-state index contributed by atoms with van der Waals surface area (Å²) in [5, 5.41) is 0. The third-order valence-electron chi connectivity index (χ3n) is 2.37. The van der Waals surface area contributed by atoms with E-state index in [0.29, 0.717) is 11.4 Å². The van der Waals surface area contributed by atoms with Gasteiger partial charge in [0.1, 0.15) is 0 Å². The van der Waals surface area contributed by atoms with Crippen LogP contribution in [0.25, 0.3) is 0 Å². The van der Waals surface area contributed by atoms with E-state index in [1.54, 1.807) is 0 Å². The molecule has 0 aromatic heterocycles. The minimum atomic E-state index is 0.689. The minimum absolute atomic E-state index is 0.689. The van der Waals surface area contributed by atoms with Crippen molar-refractivity contribution in [1.82, 2.24) is 0 Å². The Labute approximate surface area is 72.6 Å². The molecular weight excluding hydrogens is 148 g/mol. The molecule has 1 aliphatic carbocycles. The van der Waals surface area contributed by atoms with Crippen LogP contribution in [0.15, 0.2) is 18.2 Å². The molecule has 4 N–H and O–H groups in total. The Balaban J connectivity index is 2.15. The maximum Gasteiger partial charge on any atom is 0.0550 e. The summed E-state index contributed by atoms with van der Waals surface area (Å²) in [5.74, 6) is 0.910. The van der Waals surface area contributed by atoms with Gasteiger partial charge in [-0.25, -0.2) is 0 Å². The summed E-state index contributed by atoms with van der Waals surface area (Å²) in [5.41, 5.74) is 14.0. The van der Waals surface area contributed by atoms with E-state index < -0.39 is 0 Å². The molecule has 12 heavy (non-hydrogen) atoms. The van der Waals surface area contributed by atoms with Gasteiger partial charge in [-0.2, -0.15) is 0 Å². The van der Waals surface area contributed by atoms with Gasteiger partial charge in [0.05, 0.1) is 11.4 Å². The van der Waals surface area contributed by atoms with E-state index in [-0.39, 0.29) is 0 Å². The monoisotopic (exact) mass is 162 g/mol. The highest BCUT2D eigenvalue weighted by molar-refractivity contribution is 5.63. The first kappa shape index (κ1) is 7.47. The molecule has 2 nitrogen and oxygen atoms in total. The first-order chi connectivity index (χ1) is 5.75. The second-order valence-corrected chi connectivity index (χ2v) is 3.61. The predicted octanol–water partition coefficient (Wildman–Crippen LogP) is 1.80. The van der Waals surface area contributed by atoms with Crippen LogP contribution in [0.4, 0.5) is 11.4 Å². The minimum Gasteiger partial charge on any atom is -0.397 e. The van der Waals surface area contributed by atoms with Gasteiger partial charge in [0.2, 0.25) is 0 Å². The molecular formula is C10H14N2. The highest BCUT2D eigenvalue weighted by atomic mass is 14.7. The summed E-state index contributed by atoms with van der Waals surface area (Å²) in [6.07, 6.45) is 3.93. The van der Waals surface area contributed by atoms with Gasteiger partial charge in [-0.3, -0.25) is 0 Å². The van der Waals surface area contributed by atoms with E-state index in [2.05, 4.69) is 6.07 Å². The number of nitrogen functional groups attached to an aromatic ring is 2. The van der Waals surface area contributed by atoms with Crippen molar-refractivity contribution >= 4 is 11.4 Å². The van der Waals surface area contributed by atoms with E-state index in [0.717, 1.165) is 5.92 Å². The SMILES string of the molecule is Nc1ccc(CC2CC2)cc1N. The molecule has 0 atom stereocenters. The fourth-order valence-electron chi connectivity index (χ4n) is 1.41. The summed E-state index contributed by atoms with van der Waals surface area (Å²) in [6.45, 7) is 0. The zero-order valence-electron chi connectivity index (χ0n) is 7.09. The number of hydrogen-bond acceptors (Lipinski definition) is 2. The van der Waals surface area contributed by atoms with Crippen LogP contribution in [0.2, 0.25) is 0 Å². The molecule has 0 heterocycles. The van der Waals surface area contributed by atoms with Gasteiger partial charge in [0.15, 0.2) is 0 Å². The molecule has 1 aromatic carbocycles. The van der Waals surface area contributed by atoms with Gasteiger partial charge in [-0.1, -0.05) is 6.07 Å². The molecule has 2 rings (SSSR count). The second kappa shape index (κ2) is 2.70. The smallest absolute Gasteiger partial charge is 0.0550 e. The summed E-state index contributed by atoms with van der Waals surface area (Å²) in [6, 6.07) is 5.96. The molecule has 0 radical (unpaired) electrons. The Hall–Kier alpha value is -1.18. The van der Waals surface area contributed by atoms with E-state index in [1.807, 2.05) is 12.1 Å². The topological polar surface area (TPSA) is 52.0 Å². The van der Waals surface area contributed by atoms with Gasteiger partial charge < -0.3 is 11.5 Å². The lowest BCUT2D eigenvalue weighted by molar-refractivity contribution is 0.833. The first-order valence-electron chi connectivity index (χ1n) is 4.39.